The summed E-state index contributed by atoms with van der Waals surface area (Å²) in [6.45, 7) is 1.76. The number of nitrogens with two attached hydrogens (primary N) is 1. The number of esters is 1. The van der Waals surface area contributed by atoms with Crippen molar-refractivity contribution < 1.29 is 14.3 Å². The highest BCUT2D eigenvalue weighted by atomic mass is 16.5. The number of rotatable bonds is 6. The van der Waals surface area contributed by atoms with Crippen molar-refractivity contribution in [2.45, 2.75) is 13.0 Å². The van der Waals surface area contributed by atoms with Gasteiger partial charge in [0, 0.05) is 6.04 Å². The molecule has 1 amide bonds. The Balaban J connectivity index is 2.88. The summed E-state index contributed by atoms with van der Waals surface area (Å²) in [5, 5.41) is 2.98. The zero-order valence-electron chi connectivity index (χ0n) is 10.6. The molecule has 0 saturated heterocycles. The van der Waals surface area contributed by atoms with Gasteiger partial charge in [0.05, 0.1) is 19.6 Å². The summed E-state index contributed by atoms with van der Waals surface area (Å²) in [4.78, 5) is 22.4. The average Bonchev–Trinajstić information content (AvgIpc) is 2.38. The topological polar surface area (TPSA) is 81.4 Å². The Morgan fingerprint density at radius 2 is 1.94 bits per heavy atom. The number of hydrogen-bond donors (Lipinski definition) is 2. The summed E-state index contributed by atoms with van der Waals surface area (Å²) in [6, 6.07) is 9.11. The van der Waals surface area contributed by atoms with Gasteiger partial charge in [0.25, 0.3) is 0 Å². The van der Waals surface area contributed by atoms with E-state index >= 15 is 0 Å². The van der Waals surface area contributed by atoms with Crippen LogP contribution in [0.15, 0.2) is 30.3 Å². The van der Waals surface area contributed by atoms with Crippen LogP contribution in [0.5, 0.6) is 0 Å². The van der Waals surface area contributed by atoms with E-state index < -0.39 is 11.8 Å². The van der Waals surface area contributed by atoms with Gasteiger partial charge in [0.1, 0.15) is 0 Å². The van der Waals surface area contributed by atoms with Crippen LogP contribution in [0.2, 0.25) is 0 Å². The molecule has 0 aliphatic carbocycles. The van der Waals surface area contributed by atoms with Crippen LogP contribution in [-0.2, 0) is 14.3 Å². The van der Waals surface area contributed by atoms with Crippen LogP contribution in [0.4, 0.5) is 0 Å². The van der Waals surface area contributed by atoms with E-state index in [4.69, 9.17) is 10.5 Å². The van der Waals surface area contributed by atoms with Gasteiger partial charge in [-0.2, -0.15) is 0 Å². The number of benzene rings is 1. The van der Waals surface area contributed by atoms with E-state index in [1.807, 2.05) is 30.3 Å². The molecule has 3 N–H and O–H groups in total. The molecule has 0 bridgehead atoms. The first kappa shape index (κ1) is 14.2. The predicted molar refractivity (Wildman–Crippen MR) is 67.6 cm³/mol. The quantitative estimate of drug-likeness (QED) is 0.725. The fraction of sp³-hybridized carbons (Fsp3) is 0.385. The Morgan fingerprint density at radius 3 is 2.44 bits per heavy atom. The minimum Gasteiger partial charge on any atom is -0.469 e. The Kier molecular flexibility index (Phi) is 5.32. The van der Waals surface area contributed by atoms with Crippen LogP contribution < -0.4 is 11.1 Å². The Hall–Kier alpha value is -1.88. The molecule has 2 atom stereocenters. The highest BCUT2D eigenvalue weighted by Gasteiger charge is 2.26. The molecule has 0 fully saturated rings. The van der Waals surface area contributed by atoms with Gasteiger partial charge < -0.3 is 15.8 Å². The second-order valence-corrected chi connectivity index (χ2v) is 4.05. The third-order valence-electron chi connectivity index (χ3n) is 2.73. The molecule has 0 radical (unpaired) electrons. The van der Waals surface area contributed by atoms with Crippen molar-refractivity contribution >= 4 is 11.9 Å². The molecule has 0 aliphatic rings. The fourth-order valence-corrected chi connectivity index (χ4v) is 1.78. The largest absolute Gasteiger partial charge is 0.469 e. The molecule has 98 valence electrons. The van der Waals surface area contributed by atoms with Gasteiger partial charge in [-0.1, -0.05) is 37.3 Å². The summed E-state index contributed by atoms with van der Waals surface area (Å²) < 4.78 is 4.73. The van der Waals surface area contributed by atoms with Crippen molar-refractivity contribution in [2.24, 2.45) is 11.7 Å². The monoisotopic (exact) mass is 250 g/mol. The van der Waals surface area contributed by atoms with Gasteiger partial charge in [0.2, 0.25) is 5.91 Å². The van der Waals surface area contributed by atoms with Gasteiger partial charge in [-0.25, -0.2) is 0 Å². The molecule has 1 aromatic carbocycles. The summed E-state index contributed by atoms with van der Waals surface area (Å²) in [6.07, 6.45) is 0. The molecule has 0 aromatic heterocycles. The fourth-order valence-electron chi connectivity index (χ4n) is 1.78. The number of hydrogen-bond acceptors (Lipinski definition) is 4. The molecule has 0 spiro atoms. The second kappa shape index (κ2) is 6.76. The SMILES string of the molecule is COC(=O)[C@@H](C)[C@@H](NCC(N)=O)c1ccccc1. The summed E-state index contributed by atoms with van der Waals surface area (Å²) in [7, 11) is 1.34. The van der Waals surface area contributed by atoms with Gasteiger partial charge in [-0.05, 0) is 5.56 Å². The minimum atomic E-state index is -0.465. The Bertz CT molecular complexity index is 406. The third-order valence-corrected chi connectivity index (χ3v) is 2.73. The maximum atomic E-state index is 11.6. The van der Waals surface area contributed by atoms with Crippen molar-refractivity contribution in [3.05, 3.63) is 35.9 Å². The zero-order chi connectivity index (χ0) is 13.5. The molecular weight excluding hydrogens is 232 g/mol. The summed E-state index contributed by atoms with van der Waals surface area (Å²) in [5.74, 6) is -1.20. The first-order chi connectivity index (χ1) is 8.56. The van der Waals surface area contributed by atoms with Crippen LogP contribution in [0.3, 0.4) is 0 Å². The van der Waals surface area contributed by atoms with Crippen LogP contribution in [0.1, 0.15) is 18.5 Å². The molecule has 1 rings (SSSR count). The average molecular weight is 250 g/mol. The number of amides is 1. The maximum absolute atomic E-state index is 11.6. The number of ether oxygens (including phenoxy) is 1. The van der Waals surface area contributed by atoms with Crippen molar-refractivity contribution in [3.8, 4) is 0 Å². The molecular formula is C13H18N2O3. The lowest BCUT2D eigenvalue weighted by atomic mass is 9.94. The number of primary amides is 1. The maximum Gasteiger partial charge on any atom is 0.310 e. The van der Waals surface area contributed by atoms with Crippen LogP contribution in [0, 0.1) is 5.92 Å². The summed E-state index contributed by atoms with van der Waals surface area (Å²) >= 11 is 0. The van der Waals surface area contributed by atoms with E-state index in [1.54, 1.807) is 6.92 Å². The van der Waals surface area contributed by atoms with E-state index in [1.165, 1.54) is 7.11 Å². The van der Waals surface area contributed by atoms with Gasteiger partial charge in [0.15, 0.2) is 0 Å². The lowest BCUT2D eigenvalue weighted by Crippen LogP contribution is -2.37. The molecule has 0 heterocycles. The Labute approximate surface area is 106 Å². The minimum absolute atomic E-state index is 0.0148. The van der Waals surface area contributed by atoms with Crippen molar-refractivity contribution in [1.29, 1.82) is 0 Å². The summed E-state index contributed by atoms with van der Waals surface area (Å²) in [5.41, 5.74) is 6.02. The van der Waals surface area contributed by atoms with E-state index in [2.05, 4.69) is 5.32 Å². The van der Waals surface area contributed by atoms with E-state index in [0.29, 0.717) is 0 Å². The molecule has 5 nitrogen and oxygen atoms in total. The highest BCUT2D eigenvalue weighted by Crippen LogP contribution is 2.22. The first-order valence-corrected chi connectivity index (χ1v) is 5.70. The number of methoxy groups -OCH3 is 1. The lowest BCUT2D eigenvalue weighted by Gasteiger charge is -2.23. The van der Waals surface area contributed by atoms with Crippen LogP contribution in [-0.4, -0.2) is 25.5 Å². The molecule has 5 heteroatoms. The third kappa shape index (κ3) is 3.85. The first-order valence-electron chi connectivity index (χ1n) is 5.70. The normalized spacial score (nSPS) is 13.7. The van der Waals surface area contributed by atoms with Crippen molar-refractivity contribution in [2.75, 3.05) is 13.7 Å². The van der Waals surface area contributed by atoms with Gasteiger partial charge >= 0.3 is 5.97 Å². The molecule has 18 heavy (non-hydrogen) atoms. The zero-order valence-corrected chi connectivity index (χ0v) is 10.6. The highest BCUT2D eigenvalue weighted by molar-refractivity contribution is 5.76. The number of carbonyl (C=O) groups excluding carboxylic acids is 2. The van der Waals surface area contributed by atoms with E-state index in [0.717, 1.165) is 5.56 Å². The number of carbonyl (C=O) groups is 2. The second-order valence-electron chi connectivity index (χ2n) is 4.05. The number of nitrogens with one attached hydrogen (secondary N) is 1. The standard InChI is InChI=1S/C13H18N2O3/c1-9(13(17)18-2)12(15-8-11(14)16)10-6-4-3-5-7-10/h3-7,9,12,15H,8H2,1-2H3,(H2,14,16)/t9-,12+/m0/s1. The van der Waals surface area contributed by atoms with Crippen molar-refractivity contribution in [3.63, 3.8) is 0 Å². The van der Waals surface area contributed by atoms with Gasteiger partial charge in [-0.3, -0.25) is 9.59 Å². The van der Waals surface area contributed by atoms with E-state index in [9.17, 15) is 9.59 Å². The molecule has 0 aliphatic heterocycles. The lowest BCUT2D eigenvalue weighted by molar-refractivity contribution is -0.146. The van der Waals surface area contributed by atoms with Crippen LogP contribution in [0.25, 0.3) is 0 Å². The molecule has 0 saturated carbocycles. The van der Waals surface area contributed by atoms with Gasteiger partial charge in [-0.15, -0.1) is 0 Å². The molecule has 0 unspecified atom stereocenters. The van der Waals surface area contributed by atoms with Crippen molar-refractivity contribution in [1.82, 2.24) is 5.32 Å². The van der Waals surface area contributed by atoms with E-state index in [-0.39, 0.29) is 18.6 Å². The van der Waals surface area contributed by atoms with Crippen LogP contribution >= 0.6 is 0 Å². The smallest absolute Gasteiger partial charge is 0.310 e. The molecule has 1 aromatic rings. The predicted octanol–water partition coefficient (Wildman–Crippen LogP) is 0.612. The Morgan fingerprint density at radius 1 is 1.33 bits per heavy atom.